The minimum absolute atomic E-state index is 0.255. The van der Waals surface area contributed by atoms with E-state index >= 15 is 0 Å². The van der Waals surface area contributed by atoms with Crippen LogP contribution in [-0.2, 0) is 6.42 Å². The summed E-state index contributed by atoms with van der Waals surface area (Å²) in [6.07, 6.45) is 3.39. The maximum Gasteiger partial charge on any atom is 0.248 e. The van der Waals surface area contributed by atoms with Gasteiger partial charge in [0.1, 0.15) is 0 Å². The molecule has 1 unspecified atom stereocenters. The van der Waals surface area contributed by atoms with Gasteiger partial charge in [-0.05, 0) is 54.5 Å². The van der Waals surface area contributed by atoms with E-state index in [0.29, 0.717) is 10.6 Å². The largest absolute Gasteiger partial charge is 0.377 e. The minimum atomic E-state index is -0.440. The molecule has 5 heteroatoms. The summed E-state index contributed by atoms with van der Waals surface area (Å²) < 4.78 is 0. The van der Waals surface area contributed by atoms with Crippen molar-refractivity contribution in [3.63, 3.8) is 0 Å². The monoisotopic (exact) mass is 306 g/mol. The van der Waals surface area contributed by atoms with E-state index < -0.39 is 5.91 Å². The molecule has 1 aromatic heterocycles. The van der Waals surface area contributed by atoms with E-state index in [1.807, 2.05) is 0 Å². The van der Waals surface area contributed by atoms with Crippen LogP contribution in [-0.4, -0.2) is 5.91 Å². The van der Waals surface area contributed by atoms with Crippen molar-refractivity contribution in [1.29, 1.82) is 0 Å². The number of hydrogen-bond donors (Lipinski definition) is 2. The topological polar surface area (TPSA) is 55.1 Å². The van der Waals surface area contributed by atoms with Gasteiger partial charge >= 0.3 is 0 Å². The van der Waals surface area contributed by atoms with Gasteiger partial charge in [0.25, 0.3) is 0 Å². The molecule has 2 aromatic rings. The first-order valence-corrected chi connectivity index (χ1v) is 7.83. The lowest BCUT2D eigenvalue weighted by Gasteiger charge is -2.25. The molecule has 1 amide bonds. The zero-order chi connectivity index (χ0) is 14.1. The lowest BCUT2D eigenvalue weighted by molar-refractivity contribution is 0.100. The molecule has 0 radical (unpaired) electrons. The molecule has 1 atom stereocenters. The van der Waals surface area contributed by atoms with Crippen molar-refractivity contribution in [1.82, 2.24) is 0 Å². The number of nitrogens with two attached hydrogens (primary N) is 1. The molecule has 20 heavy (non-hydrogen) atoms. The normalized spacial score (nSPS) is 17.6. The quantitative estimate of drug-likeness (QED) is 0.901. The van der Waals surface area contributed by atoms with E-state index in [2.05, 4.69) is 16.8 Å². The highest BCUT2D eigenvalue weighted by atomic mass is 35.5. The maximum absolute atomic E-state index is 11.3. The second kappa shape index (κ2) is 5.46. The van der Waals surface area contributed by atoms with Crippen molar-refractivity contribution in [2.75, 3.05) is 5.32 Å². The van der Waals surface area contributed by atoms with Crippen molar-refractivity contribution in [2.45, 2.75) is 25.3 Å². The summed E-state index contributed by atoms with van der Waals surface area (Å²) in [5.74, 6) is -0.440. The number of amides is 1. The molecule has 104 valence electrons. The van der Waals surface area contributed by atoms with E-state index in [0.717, 1.165) is 24.9 Å². The summed E-state index contributed by atoms with van der Waals surface area (Å²) in [5.41, 5.74) is 7.91. The molecule has 0 spiro atoms. The van der Waals surface area contributed by atoms with Gasteiger partial charge in [-0.2, -0.15) is 0 Å². The molecule has 0 fully saturated rings. The zero-order valence-electron chi connectivity index (χ0n) is 10.9. The van der Waals surface area contributed by atoms with Crippen molar-refractivity contribution < 1.29 is 4.79 Å². The van der Waals surface area contributed by atoms with Crippen LogP contribution in [0.1, 0.15) is 39.7 Å². The highest BCUT2D eigenvalue weighted by Crippen LogP contribution is 2.37. The Bertz CT molecular complexity index is 653. The maximum atomic E-state index is 11.3. The molecule has 0 saturated carbocycles. The molecule has 1 aromatic carbocycles. The fourth-order valence-corrected chi connectivity index (χ4v) is 3.77. The van der Waals surface area contributed by atoms with Crippen LogP contribution in [0.2, 0.25) is 5.02 Å². The first kappa shape index (κ1) is 13.5. The molecule has 0 saturated heterocycles. The van der Waals surface area contributed by atoms with Gasteiger partial charge in [0.15, 0.2) is 0 Å². The fourth-order valence-electron chi connectivity index (χ4n) is 2.61. The standard InChI is InChI=1S/C15H15ClN2OS/c16-11-5-4-9(15(17)19)8-13(11)18-12-2-1-3-14-10(12)6-7-20-14/h4-8,12,18H,1-3H2,(H2,17,19). The molecule has 1 aliphatic rings. The second-order valence-electron chi connectivity index (χ2n) is 4.95. The van der Waals surface area contributed by atoms with Gasteiger partial charge in [-0.25, -0.2) is 0 Å². The van der Waals surface area contributed by atoms with Gasteiger partial charge in [-0.15, -0.1) is 11.3 Å². The number of anilines is 1. The van der Waals surface area contributed by atoms with Gasteiger partial charge in [0, 0.05) is 10.4 Å². The lowest BCUT2D eigenvalue weighted by atomic mass is 9.94. The molecule has 0 aliphatic heterocycles. The number of carbonyl (C=O) groups is 1. The van der Waals surface area contributed by atoms with Crippen LogP contribution in [0.5, 0.6) is 0 Å². The van der Waals surface area contributed by atoms with Gasteiger partial charge in [0.2, 0.25) is 5.91 Å². The van der Waals surface area contributed by atoms with Crippen molar-refractivity contribution in [3.05, 3.63) is 50.7 Å². The number of thiophene rings is 1. The van der Waals surface area contributed by atoms with Crippen LogP contribution in [0.15, 0.2) is 29.6 Å². The third-order valence-electron chi connectivity index (χ3n) is 3.63. The first-order valence-electron chi connectivity index (χ1n) is 6.57. The second-order valence-corrected chi connectivity index (χ2v) is 6.36. The molecule has 3 N–H and O–H groups in total. The Morgan fingerprint density at radius 2 is 2.25 bits per heavy atom. The summed E-state index contributed by atoms with van der Waals surface area (Å²) in [6, 6.07) is 7.51. The molecule has 1 aliphatic carbocycles. The SMILES string of the molecule is NC(=O)c1ccc(Cl)c(NC2CCCc3sccc32)c1. The predicted octanol–water partition coefficient (Wildman–Crippen LogP) is 3.99. The van der Waals surface area contributed by atoms with E-state index in [9.17, 15) is 4.79 Å². The fraction of sp³-hybridized carbons (Fsp3) is 0.267. The Kier molecular flexibility index (Phi) is 3.68. The Hall–Kier alpha value is -1.52. The molecule has 1 heterocycles. The van der Waals surface area contributed by atoms with E-state index in [4.69, 9.17) is 17.3 Å². The zero-order valence-corrected chi connectivity index (χ0v) is 12.4. The number of rotatable bonds is 3. The van der Waals surface area contributed by atoms with Crippen molar-refractivity contribution in [3.8, 4) is 0 Å². The summed E-state index contributed by atoms with van der Waals surface area (Å²) in [5, 5.41) is 6.19. The van der Waals surface area contributed by atoms with Crippen molar-refractivity contribution >= 4 is 34.5 Å². The molecule has 3 rings (SSSR count). The third-order valence-corrected chi connectivity index (χ3v) is 4.96. The number of nitrogens with one attached hydrogen (secondary N) is 1. The van der Waals surface area contributed by atoms with Crippen LogP contribution in [0.3, 0.4) is 0 Å². The molecule has 3 nitrogen and oxygen atoms in total. The van der Waals surface area contributed by atoms with E-state index in [1.54, 1.807) is 29.5 Å². The molecular weight excluding hydrogens is 292 g/mol. The van der Waals surface area contributed by atoms with Gasteiger partial charge in [-0.3, -0.25) is 4.79 Å². The van der Waals surface area contributed by atoms with Crippen molar-refractivity contribution in [2.24, 2.45) is 5.73 Å². The number of aryl methyl sites for hydroxylation is 1. The van der Waals surface area contributed by atoms with E-state index in [1.165, 1.54) is 10.4 Å². The first-order chi connectivity index (χ1) is 9.65. The van der Waals surface area contributed by atoms with Crippen LogP contribution in [0.4, 0.5) is 5.69 Å². The number of halogens is 1. The number of primary amides is 1. The highest BCUT2D eigenvalue weighted by Gasteiger charge is 2.21. The van der Waals surface area contributed by atoms with Gasteiger partial charge in [0.05, 0.1) is 16.8 Å². The highest BCUT2D eigenvalue weighted by molar-refractivity contribution is 7.10. The van der Waals surface area contributed by atoms with Crippen LogP contribution >= 0.6 is 22.9 Å². The van der Waals surface area contributed by atoms with Crippen LogP contribution in [0.25, 0.3) is 0 Å². The van der Waals surface area contributed by atoms with Gasteiger partial charge in [-0.1, -0.05) is 11.6 Å². The van der Waals surface area contributed by atoms with Crippen LogP contribution in [0, 0.1) is 0 Å². The minimum Gasteiger partial charge on any atom is -0.377 e. The molecular formula is C15H15ClN2OS. The lowest BCUT2D eigenvalue weighted by Crippen LogP contribution is -2.17. The number of fused-ring (bicyclic) bond motifs is 1. The average Bonchev–Trinajstić information content (AvgIpc) is 2.90. The summed E-state index contributed by atoms with van der Waals surface area (Å²) in [4.78, 5) is 12.7. The third kappa shape index (κ3) is 2.53. The number of hydrogen-bond acceptors (Lipinski definition) is 3. The van der Waals surface area contributed by atoms with Gasteiger partial charge < -0.3 is 11.1 Å². The molecule has 0 bridgehead atoms. The predicted molar refractivity (Wildman–Crippen MR) is 83.6 cm³/mol. The Morgan fingerprint density at radius 3 is 3.05 bits per heavy atom. The Balaban J connectivity index is 1.89. The number of carbonyl (C=O) groups excluding carboxylic acids is 1. The average molecular weight is 307 g/mol. The summed E-state index contributed by atoms with van der Waals surface area (Å²) in [7, 11) is 0. The summed E-state index contributed by atoms with van der Waals surface area (Å²) in [6.45, 7) is 0. The van der Waals surface area contributed by atoms with E-state index in [-0.39, 0.29) is 6.04 Å². The van der Waals surface area contributed by atoms with Crippen LogP contribution < -0.4 is 11.1 Å². The number of benzene rings is 1. The Morgan fingerprint density at radius 1 is 1.40 bits per heavy atom. The Labute approximate surface area is 126 Å². The summed E-state index contributed by atoms with van der Waals surface area (Å²) >= 11 is 8.01. The smallest absolute Gasteiger partial charge is 0.248 e.